The van der Waals surface area contributed by atoms with Crippen LogP contribution in [0.3, 0.4) is 0 Å². The van der Waals surface area contributed by atoms with Gasteiger partial charge in [-0.15, -0.1) is 0 Å². The highest BCUT2D eigenvalue weighted by molar-refractivity contribution is 6.31. The Morgan fingerprint density at radius 2 is 2.33 bits per heavy atom. The average molecular weight is 268 g/mol. The molecule has 0 saturated carbocycles. The lowest BCUT2D eigenvalue weighted by Crippen LogP contribution is -2.21. The van der Waals surface area contributed by atoms with Crippen LogP contribution in [-0.2, 0) is 6.54 Å². The van der Waals surface area contributed by atoms with Crippen molar-refractivity contribution in [2.24, 2.45) is 5.92 Å². The number of anilines is 1. The lowest BCUT2D eigenvalue weighted by Gasteiger charge is -2.18. The highest BCUT2D eigenvalue weighted by Crippen LogP contribution is 2.27. The topological polar surface area (TPSA) is 28.2 Å². The number of halogens is 1. The molecule has 1 unspecified atom stereocenters. The molecular formula is C14H22ClN3. The minimum absolute atomic E-state index is 0.721. The van der Waals surface area contributed by atoms with E-state index in [9.17, 15) is 0 Å². The van der Waals surface area contributed by atoms with E-state index in [4.69, 9.17) is 11.6 Å². The van der Waals surface area contributed by atoms with Gasteiger partial charge in [0.2, 0.25) is 0 Å². The standard InChI is InChI=1S/C14H22ClN3/c1-3-4-11-7-8-18(10-11)14-6-5-12(15)13(17-14)9-16-2/h5-6,11,16H,3-4,7-10H2,1-2H3. The molecule has 0 amide bonds. The zero-order valence-electron chi connectivity index (χ0n) is 11.2. The Hall–Kier alpha value is -0.800. The molecule has 2 rings (SSSR count). The predicted molar refractivity (Wildman–Crippen MR) is 77.2 cm³/mol. The van der Waals surface area contributed by atoms with Gasteiger partial charge in [-0.1, -0.05) is 24.9 Å². The average Bonchev–Trinajstić information content (AvgIpc) is 2.81. The smallest absolute Gasteiger partial charge is 0.128 e. The van der Waals surface area contributed by atoms with Crippen molar-refractivity contribution in [2.45, 2.75) is 32.7 Å². The van der Waals surface area contributed by atoms with E-state index in [1.807, 2.05) is 19.2 Å². The predicted octanol–water partition coefficient (Wildman–Crippen LogP) is 3.08. The second-order valence-electron chi connectivity index (χ2n) is 5.02. The van der Waals surface area contributed by atoms with Crippen LogP contribution in [0.15, 0.2) is 12.1 Å². The zero-order chi connectivity index (χ0) is 13.0. The Balaban J connectivity index is 2.07. The molecule has 4 heteroatoms. The van der Waals surface area contributed by atoms with Gasteiger partial charge in [-0.05, 0) is 37.9 Å². The first-order valence-electron chi connectivity index (χ1n) is 6.79. The summed E-state index contributed by atoms with van der Waals surface area (Å²) in [4.78, 5) is 7.05. The maximum absolute atomic E-state index is 6.14. The Bertz CT molecular complexity index is 395. The number of hydrogen-bond acceptors (Lipinski definition) is 3. The van der Waals surface area contributed by atoms with Gasteiger partial charge in [0, 0.05) is 19.6 Å². The molecule has 1 fully saturated rings. The van der Waals surface area contributed by atoms with Gasteiger partial charge < -0.3 is 10.2 Å². The van der Waals surface area contributed by atoms with Gasteiger partial charge in [-0.3, -0.25) is 0 Å². The molecule has 0 bridgehead atoms. The second-order valence-corrected chi connectivity index (χ2v) is 5.42. The van der Waals surface area contributed by atoms with Gasteiger partial charge in [0.1, 0.15) is 5.82 Å². The SMILES string of the molecule is CCCC1CCN(c2ccc(Cl)c(CNC)n2)C1. The molecule has 1 N–H and O–H groups in total. The first-order valence-corrected chi connectivity index (χ1v) is 7.17. The van der Waals surface area contributed by atoms with E-state index in [0.717, 1.165) is 42.1 Å². The molecule has 0 radical (unpaired) electrons. The van der Waals surface area contributed by atoms with E-state index >= 15 is 0 Å². The molecule has 18 heavy (non-hydrogen) atoms. The van der Waals surface area contributed by atoms with Gasteiger partial charge in [0.05, 0.1) is 10.7 Å². The molecule has 0 aromatic carbocycles. The van der Waals surface area contributed by atoms with Crippen molar-refractivity contribution < 1.29 is 0 Å². The summed E-state index contributed by atoms with van der Waals surface area (Å²) in [6, 6.07) is 4.00. The van der Waals surface area contributed by atoms with Gasteiger partial charge >= 0.3 is 0 Å². The normalized spacial score (nSPS) is 19.5. The molecule has 0 spiro atoms. The monoisotopic (exact) mass is 267 g/mol. The molecule has 1 aliphatic heterocycles. The van der Waals surface area contributed by atoms with Crippen LogP contribution in [0.25, 0.3) is 0 Å². The molecule has 100 valence electrons. The minimum Gasteiger partial charge on any atom is -0.356 e. The molecule has 0 aliphatic carbocycles. The first-order chi connectivity index (χ1) is 8.74. The molecule has 1 aliphatic rings. The van der Waals surface area contributed by atoms with E-state index in [2.05, 4.69) is 22.1 Å². The van der Waals surface area contributed by atoms with Crippen molar-refractivity contribution in [2.75, 3.05) is 25.0 Å². The van der Waals surface area contributed by atoms with Crippen LogP contribution < -0.4 is 10.2 Å². The molecule has 3 nitrogen and oxygen atoms in total. The molecule has 2 heterocycles. The van der Waals surface area contributed by atoms with Crippen molar-refractivity contribution in [3.05, 3.63) is 22.8 Å². The van der Waals surface area contributed by atoms with Gasteiger partial charge in [-0.25, -0.2) is 4.98 Å². The summed E-state index contributed by atoms with van der Waals surface area (Å²) in [6.07, 6.45) is 3.89. The first kappa shape index (κ1) is 13.6. The zero-order valence-corrected chi connectivity index (χ0v) is 12.0. The molecule has 1 saturated heterocycles. The van der Waals surface area contributed by atoms with Crippen LogP contribution in [0.2, 0.25) is 5.02 Å². The summed E-state index contributed by atoms with van der Waals surface area (Å²) in [7, 11) is 1.91. The van der Waals surface area contributed by atoms with Gasteiger partial charge in [-0.2, -0.15) is 0 Å². The fraction of sp³-hybridized carbons (Fsp3) is 0.643. The van der Waals surface area contributed by atoms with E-state index in [-0.39, 0.29) is 0 Å². The summed E-state index contributed by atoms with van der Waals surface area (Å²) in [5.41, 5.74) is 0.940. The van der Waals surface area contributed by atoms with Gasteiger partial charge in [0.15, 0.2) is 0 Å². The molecule has 1 aromatic rings. The lowest BCUT2D eigenvalue weighted by atomic mass is 10.0. The molecule has 1 aromatic heterocycles. The number of rotatable bonds is 5. The van der Waals surface area contributed by atoms with E-state index < -0.39 is 0 Å². The fourth-order valence-electron chi connectivity index (χ4n) is 2.62. The number of pyridine rings is 1. The Kier molecular flexibility index (Phi) is 4.84. The Labute approximate surface area is 115 Å². The highest BCUT2D eigenvalue weighted by atomic mass is 35.5. The Morgan fingerprint density at radius 1 is 1.50 bits per heavy atom. The van der Waals surface area contributed by atoms with Crippen LogP contribution in [0.1, 0.15) is 31.9 Å². The summed E-state index contributed by atoms with van der Waals surface area (Å²) >= 11 is 6.14. The van der Waals surface area contributed by atoms with E-state index in [1.54, 1.807) is 0 Å². The van der Waals surface area contributed by atoms with Crippen LogP contribution in [0.5, 0.6) is 0 Å². The summed E-state index contributed by atoms with van der Waals surface area (Å²) in [6.45, 7) is 5.24. The van der Waals surface area contributed by atoms with Crippen LogP contribution in [0, 0.1) is 5.92 Å². The fourth-order valence-corrected chi connectivity index (χ4v) is 2.80. The van der Waals surface area contributed by atoms with Gasteiger partial charge in [0.25, 0.3) is 0 Å². The number of aromatic nitrogens is 1. The minimum atomic E-state index is 0.721. The molecule has 1 atom stereocenters. The van der Waals surface area contributed by atoms with Crippen LogP contribution >= 0.6 is 11.6 Å². The lowest BCUT2D eigenvalue weighted by molar-refractivity contribution is 0.529. The second kappa shape index (κ2) is 6.39. The largest absolute Gasteiger partial charge is 0.356 e. The molecular weight excluding hydrogens is 246 g/mol. The summed E-state index contributed by atoms with van der Waals surface area (Å²) in [5, 5.41) is 3.85. The van der Waals surface area contributed by atoms with Crippen molar-refractivity contribution >= 4 is 17.4 Å². The van der Waals surface area contributed by atoms with E-state index in [1.165, 1.54) is 19.3 Å². The van der Waals surface area contributed by atoms with Crippen molar-refractivity contribution in [3.8, 4) is 0 Å². The van der Waals surface area contributed by atoms with Crippen molar-refractivity contribution in [3.63, 3.8) is 0 Å². The Morgan fingerprint density at radius 3 is 3.06 bits per heavy atom. The number of nitrogens with zero attached hydrogens (tertiary/aromatic N) is 2. The maximum Gasteiger partial charge on any atom is 0.128 e. The number of nitrogens with one attached hydrogen (secondary N) is 1. The third-order valence-electron chi connectivity index (χ3n) is 3.55. The highest BCUT2D eigenvalue weighted by Gasteiger charge is 2.23. The van der Waals surface area contributed by atoms with Crippen molar-refractivity contribution in [1.82, 2.24) is 10.3 Å². The van der Waals surface area contributed by atoms with Crippen LogP contribution in [-0.4, -0.2) is 25.1 Å². The third kappa shape index (κ3) is 3.15. The number of hydrogen-bond donors (Lipinski definition) is 1. The van der Waals surface area contributed by atoms with E-state index in [0.29, 0.717) is 0 Å². The summed E-state index contributed by atoms with van der Waals surface area (Å²) in [5.74, 6) is 1.91. The van der Waals surface area contributed by atoms with Crippen molar-refractivity contribution in [1.29, 1.82) is 0 Å². The third-order valence-corrected chi connectivity index (χ3v) is 3.90. The van der Waals surface area contributed by atoms with Crippen LogP contribution in [0.4, 0.5) is 5.82 Å². The summed E-state index contributed by atoms with van der Waals surface area (Å²) < 4.78 is 0. The quantitative estimate of drug-likeness (QED) is 0.889. The maximum atomic E-state index is 6.14.